The molecule has 0 amide bonds. The summed E-state index contributed by atoms with van der Waals surface area (Å²) in [6.07, 6.45) is 2.30. The second-order valence-corrected chi connectivity index (χ2v) is 4.30. The Morgan fingerprint density at radius 2 is 2.12 bits per heavy atom. The van der Waals surface area contributed by atoms with Crippen LogP contribution in [0.5, 0.6) is 0 Å². The van der Waals surface area contributed by atoms with Crippen molar-refractivity contribution in [3.05, 3.63) is 48.1 Å². The molecule has 1 N–H and O–H groups in total. The molecule has 1 aromatic carbocycles. The van der Waals surface area contributed by atoms with Gasteiger partial charge in [-0.1, -0.05) is 19.1 Å². The third-order valence-corrected chi connectivity index (χ3v) is 2.68. The van der Waals surface area contributed by atoms with Gasteiger partial charge in [-0.15, -0.1) is 6.58 Å². The lowest BCUT2D eigenvalue weighted by atomic mass is 9.83. The van der Waals surface area contributed by atoms with E-state index >= 15 is 0 Å². The molecular weight excluding hydrogens is 208 g/mol. The van der Waals surface area contributed by atoms with Gasteiger partial charge in [-0.3, -0.25) is 0 Å². The molecule has 0 aliphatic heterocycles. The van der Waals surface area contributed by atoms with Crippen LogP contribution in [0.15, 0.2) is 30.9 Å². The summed E-state index contributed by atoms with van der Waals surface area (Å²) in [4.78, 5) is 0. The van der Waals surface area contributed by atoms with Crippen molar-refractivity contribution in [1.29, 1.82) is 0 Å². The minimum atomic E-state index is -0.546. The Bertz CT molecular complexity index is 376. The highest BCUT2D eigenvalue weighted by Gasteiger charge is 2.21. The highest BCUT2D eigenvalue weighted by molar-refractivity contribution is 5.21. The Morgan fingerprint density at radius 3 is 2.62 bits per heavy atom. The minimum Gasteiger partial charge on any atom is -0.319 e. The van der Waals surface area contributed by atoms with Crippen molar-refractivity contribution in [2.75, 3.05) is 13.6 Å². The van der Waals surface area contributed by atoms with E-state index in [2.05, 4.69) is 11.9 Å². The van der Waals surface area contributed by atoms with Crippen molar-refractivity contribution < 1.29 is 8.78 Å². The van der Waals surface area contributed by atoms with Crippen LogP contribution in [-0.2, 0) is 6.42 Å². The van der Waals surface area contributed by atoms with Gasteiger partial charge < -0.3 is 5.32 Å². The molecular formula is C13H17F2N. The second kappa shape index (κ2) is 5.21. The molecule has 0 saturated carbocycles. The van der Waals surface area contributed by atoms with Gasteiger partial charge in [0, 0.05) is 18.0 Å². The molecule has 0 aliphatic rings. The summed E-state index contributed by atoms with van der Waals surface area (Å²) in [5.41, 5.74) is 0.284. The first-order valence-corrected chi connectivity index (χ1v) is 5.23. The quantitative estimate of drug-likeness (QED) is 0.760. The summed E-state index contributed by atoms with van der Waals surface area (Å²) in [6, 6.07) is 3.68. The van der Waals surface area contributed by atoms with E-state index < -0.39 is 11.6 Å². The van der Waals surface area contributed by atoms with Crippen LogP contribution in [-0.4, -0.2) is 13.6 Å². The summed E-state index contributed by atoms with van der Waals surface area (Å²) >= 11 is 0. The molecule has 0 spiro atoms. The van der Waals surface area contributed by atoms with Gasteiger partial charge in [-0.25, -0.2) is 8.78 Å². The molecule has 3 heteroatoms. The SMILES string of the molecule is C=CC(C)(CNC)Cc1ccc(F)cc1F. The van der Waals surface area contributed by atoms with Crippen molar-refractivity contribution in [3.8, 4) is 0 Å². The van der Waals surface area contributed by atoms with E-state index in [9.17, 15) is 8.78 Å². The van der Waals surface area contributed by atoms with E-state index in [0.717, 1.165) is 6.07 Å². The largest absolute Gasteiger partial charge is 0.319 e. The molecule has 88 valence electrons. The van der Waals surface area contributed by atoms with Gasteiger partial charge in [0.1, 0.15) is 11.6 Å². The van der Waals surface area contributed by atoms with Gasteiger partial charge in [0.05, 0.1) is 0 Å². The first-order valence-electron chi connectivity index (χ1n) is 5.23. The fraction of sp³-hybridized carbons (Fsp3) is 0.385. The topological polar surface area (TPSA) is 12.0 Å². The third kappa shape index (κ3) is 3.14. The van der Waals surface area contributed by atoms with E-state index in [1.54, 1.807) is 6.08 Å². The van der Waals surface area contributed by atoms with Crippen LogP contribution in [0.2, 0.25) is 0 Å². The standard InChI is InChI=1S/C13H17F2N/c1-4-13(2,9-16-3)8-10-5-6-11(14)7-12(10)15/h4-7,16H,1,8-9H2,2-3H3. The van der Waals surface area contributed by atoms with Crippen molar-refractivity contribution >= 4 is 0 Å². The van der Waals surface area contributed by atoms with Crippen LogP contribution < -0.4 is 5.32 Å². The molecule has 0 aliphatic carbocycles. The fourth-order valence-electron chi connectivity index (χ4n) is 1.71. The number of nitrogens with one attached hydrogen (secondary N) is 1. The normalized spacial score (nSPS) is 14.5. The number of hydrogen-bond acceptors (Lipinski definition) is 1. The zero-order valence-corrected chi connectivity index (χ0v) is 9.69. The predicted molar refractivity (Wildman–Crippen MR) is 62.3 cm³/mol. The molecule has 0 radical (unpaired) electrons. The van der Waals surface area contributed by atoms with Crippen molar-refractivity contribution in [2.45, 2.75) is 13.3 Å². The van der Waals surface area contributed by atoms with E-state index in [1.165, 1.54) is 12.1 Å². The molecule has 1 aromatic rings. The van der Waals surface area contributed by atoms with Crippen LogP contribution in [0, 0.1) is 17.0 Å². The summed E-state index contributed by atoms with van der Waals surface area (Å²) < 4.78 is 26.2. The maximum Gasteiger partial charge on any atom is 0.129 e. The minimum absolute atomic E-state index is 0.229. The Labute approximate surface area is 95.2 Å². The van der Waals surface area contributed by atoms with Crippen LogP contribution >= 0.6 is 0 Å². The summed E-state index contributed by atoms with van der Waals surface area (Å²) in [7, 11) is 1.84. The predicted octanol–water partition coefficient (Wildman–Crippen LogP) is 2.92. The van der Waals surface area contributed by atoms with Gasteiger partial charge in [0.2, 0.25) is 0 Å². The Hall–Kier alpha value is -1.22. The molecule has 1 atom stereocenters. The first-order chi connectivity index (χ1) is 7.50. The Balaban J connectivity index is 2.89. The van der Waals surface area contributed by atoms with Gasteiger partial charge in [0.15, 0.2) is 0 Å². The van der Waals surface area contributed by atoms with E-state index in [-0.39, 0.29) is 5.41 Å². The highest BCUT2D eigenvalue weighted by Crippen LogP contribution is 2.24. The lowest BCUT2D eigenvalue weighted by molar-refractivity contribution is 0.398. The Morgan fingerprint density at radius 1 is 1.44 bits per heavy atom. The molecule has 0 aromatic heterocycles. The van der Waals surface area contributed by atoms with Gasteiger partial charge in [-0.05, 0) is 25.1 Å². The zero-order chi connectivity index (χ0) is 12.2. The molecule has 0 heterocycles. The smallest absolute Gasteiger partial charge is 0.129 e. The molecule has 1 nitrogen and oxygen atoms in total. The number of benzene rings is 1. The zero-order valence-electron chi connectivity index (χ0n) is 9.69. The van der Waals surface area contributed by atoms with Crippen molar-refractivity contribution in [3.63, 3.8) is 0 Å². The molecule has 0 bridgehead atoms. The number of hydrogen-bond donors (Lipinski definition) is 1. The van der Waals surface area contributed by atoms with Crippen LogP contribution in [0.1, 0.15) is 12.5 Å². The summed E-state index contributed by atoms with van der Waals surface area (Å²) in [5.74, 6) is -1.04. The second-order valence-electron chi connectivity index (χ2n) is 4.30. The number of rotatable bonds is 5. The highest BCUT2D eigenvalue weighted by atomic mass is 19.1. The van der Waals surface area contributed by atoms with Crippen LogP contribution in [0.3, 0.4) is 0 Å². The maximum absolute atomic E-state index is 13.5. The fourth-order valence-corrected chi connectivity index (χ4v) is 1.71. The third-order valence-electron chi connectivity index (χ3n) is 2.68. The van der Waals surface area contributed by atoms with Gasteiger partial charge in [-0.2, -0.15) is 0 Å². The molecule has 0 saturated heterocycles. The van der Waals surface area contributed by atoms with E-state index in [1.807, 2.05) is 14.0 Å². The average molecular weight is 225 g/mol. The van der Waals surface area contributed by atoms with Crippen LogP contribution in [0.4, 0.5) is 8.78 Å². The molecule has 0 fully saturated rings. The Kier molecular flexibility index (Phi) is 4.19. The molecule has 1 unspecified atom stereocenters. The first kappa shape index (κ1) is 12.8. The van der Waals surface area contributed by atoms with Crippen molar-refractivity contribution in [1.82, 2.24) is 5.32 Å². The van der Waals surface area contributed by atoms with E-state index in [4.69, 9.17) is 0 Å². The van der Waals surface area contributed by atoms with Gasteiger partial charge >= 0.3 is 0 Å². The maximum atomic E-state index is 13.5. The average Bonchev–Trinajstić information content (AvgIpc) is 2.23. The summed E-state index contributed by atoms with van der Waals surface area (Å²) in [5, 5.41) is 3.04. The molecule has 1 rings (SSSR count). The summed E-state index contributed by atoms with van der Waals surface area (Å²) in [6.45, 7) is 6.45. The lowest BCUT2D eigenvalue weighted by Gasteiger charge is -2.25. The van der Waals surface area contributed by atoms with E-state index in [0.29, 0.717) is 18.5 Å². The lowest BCUT2D eigenvalue weighted by Crippen LogP contribution is -2.30. The van der Waals surface area contributed by atoms with Crippen molar-refractivity contribution in [2.24, 2.45) is 5.41 Å². The number of halogens is 2. The van der Waals surface area contributed by atoms with Crippen LogP contribution in [0.25, 0.3) is 0 Å². The van der Waals surface area contributed by atoms with Gasteiger partial charge in [0.25, 0.3) is 0 Å². The monoisotopic (exact) mass is 225 g/mol. The molecule has 16 heavy (non-hydrogen) atoms.